The Bertz CT molecular complexity index is 6450. The van der Waals surface area contributed by atoms with Crippen molar-refractivity contribution in [3.8, 4) is 46.0 Å². The Labute approximate surface area is 805 Å². The van der Waals surface area contributed by atoms with Crippen LogP contribution in [0.1, 0.15) is 315 Å². The number of nitrogens with zero attached hydrogens (tertiary/aromatic N) is 4. The van der Waals surface area contributed by atoms with Gasteiger partial charge in [-0.25, -0.2) is 0 Å². The summed E-state index contributed by atoms with van der Waals surface area (Å²) < 4.78 is 571. The number of nitrogens with two attached hydrogens (primary N) is 4. The lowest BCUT2D eigenvalue weighted by molar-refractivity contribution is -0.161. The number of ether oxygens (including phenoxy) is 12. The van der Waals surface area contributed by atoms with Gasteiger partial charge in [0, 0.05) is 186 Å². The zero-order chi connectivity index (χ0) is 142. The van der Waals surface area contributed by atoms with Gasteiger partial charge in [0.1, 0.15) is 48.5 Å². The molecule has 4 fully saturated rings. The Morgan fingerprint density at radius 2 is 0.542 bits per heavy atom. The SMILES string of the molecule is [2H]c1c(OC)c(OC([2H])([2H])[2H])c([2H])c2c1C1CC(OC(=O)[C@@]([2H])(N)C([2H])(C([2H])([2H])[2H])C([2H])([2H])[2H])C(CC(C)C)CN1C([2H])([2H])C2([2H])[2H].[2H]c1c(OC)c(OC([2H])([2H])[2H])c([2H])c2c1C1CC(OC(=O)[C@@]([2H])(N)C([2H])(C([2H])([2H])[2H])C([2H])([2H])[2H])C(CC(C)C)CN1C([2H])([2H])C2([2H])[2H].[2H]c1c(OC)c(OC)c([2H])c2c1C1CC(OC(=O)[C@@]([2H])(N)C([2H])(C([2H])([2H])[2H])C([2H])([2H])[2H])C(CC(C)C)CN1C([2H])([2H])C2([2H])[2H].[2H]c1c(OC)c(OC)c([2H])c2c1C1CC(OC(=O)[C@@]([2H])(N)C([2H])(C([2H])([2H])[2H])C([2H])([2H])[2H])C(CC(C)C)CN1C([2H])([2H])C2([2H])[2H]. The number of hydrogen-bond donors (Lipinski definition) is 4. The molecule has 0 bridgehead atoms. The third kappa shape index (κ3) is 23.8. The van der Waals surface area contributed by atoms with Crippen molar-refractivity contribution < 1.29 is 161 Å². The maximum atomic E-state index is 13.5. The van der Waals surface area contributed by atoms with E-state index in [2.05, 4.69) is 0 Å². The monoisotopic (exact) mass is 1740 g/mol. The van der Waals surface area contributed by atoms with Gasteiger partial charge in [0.05, 0.1) is 81.4 Å². The maximum Gasteiger partial charge on any atom is 0.323 e. The van der Waals surface area contributed by atoms with Crippen LogP contribution in [0.5, 0.6) is 46.0 Å². The fraction of sp³-hybridized carbons (Fsp3) is 0.708. The van der Waals surface area contributed by atoms with Gasteiger partial charge in [-0.05, 0) is 191 Å². The first-order chi connectivity index (χ1) is 81.3. The Balaban J connectivity index is 0.000000265. The average Bonchev–Trinajstić information content (AvgIpc) is 0.693. The van der Waals surface area contributed by atoms with Crippen LogP contribution in [0, 0.1) is 70.9 Å². The molecular formula is C96H152N8O16. The van der Waals surface area contributed by atoms with Crippen LogP contribution in [0.2, 0.25) is 0 Å². The molecule has 672 valence electrons. The Hall–Kier alpha value is -7.16. The molecule has 12 rings (SSSR count). The summed E-state index contributed by atoms with van der Waals surface area (Å²) in [6.45, 7) is -27.9. The van der Waals surface area contributed by atoms with Gasteiger partial charge in [-0.15, -0.1) is 0 Å². The summed E-state index contributed by atoms with van der Waals surface area (Å²) in [5, 5.41) is 0. The highest BCUT2D eigenvalue weighted by Crippen LogP contribution is 2.50. The zero-order valence-corrected chi connectivity index (χ0v) is 69.4. The molecule has 4 saturated heterocycles. The van der Waals surface area contributed by atoms with Crippen molar-refractivity contribution in [1.29, 1.82) is 0 Å². The lowest BCUT2D eigenvalue weighted by atomic mass is 9.79. The van der Waals surface area contributed by atoms with Gasteiger partial charge in [-0.2, -0.15) is 0 Å². The number of piperidine rings is 4. The molecule has 16 atom stereocenters. The number of esters is 4. The van der Waals surface area contributed by atoms with E-state index >= 15 is 0 Å². The Morgan fingerprint density at radius 1 is 0.350 bits per heavy atom. The van der Waals surface area contributed by atoms with Crippen LogP contribution in [-0.2, 0) is 63.6 Å². The summed E-state index contributed by atoms with van der Waals surface area (Å²) in [6.07, 6.45) is -17.5. The van der Waals surface area contributed by atoms with Crippen molar-refractivity contribution in [3.05, 3.63) is 92.8 Å². The first-order valence-corrected chi connectivity index (χ1v) is 38.7. The second-order valence-electron chi connectivity index (χ2n) is 31.3. The minimum atomic E-state index is -3.84. The molecule has 24 nitrogen and oxygen atoms in total. The molecule has 0 aromatic heterocycles. The first kappa shape index (κ1) is 42.2. The molecule has 8 N–H and O–H groups in total. The smallest absolute Gasteiger partial charge is 0.323 e. The van der Waals surface area contributed by atoms with Gasteiger partial charge in [0.2, 0.25) is 0 Å². The van der Waals surface area contributed by atoms with Gasteiger partial charge in [0.25, 0.3) is 0 Å². The number of methoxy groups -OCH3 is 8. The second-order valence-corrected chi connectivity index (χ2v) is 31.3. The number of hydrogen-bond acceptors (Lipinski definition) is 24. The largest absolute Gasteiger partial charge is 0.493 e. The minimum Gasteiger partial charge on any atom is -0.493 e. The summed E-state index contributed by atoms with van der Waals surface area (Å²) >= 11 is 0. The number of benzene rings is 4. The molecule has 8 heterocycles. The summed E-state index contributed by atoms with van der Waals surface area (Å²) in [7, 11) is 0.621. The van der Waals surface area contributed by atoms with Gasteiger partial charge >= 0.3 is 23.9 Å². The van der Waals surface area contributed by atoms with E-state index < -0.39 is 358 Å². The predicted molar refractivity (Wildman–Crippen MR) is 471 cm³/mol. The van der Waals surface area contributed by atoms with Crippen LogP contribution in [0.3, 0.4) is 0 Å². The minimum absolute atomic E-state index is 0.0768. The van der Waals surface area contributed by atoms with E-state index in [9.17, 15) is 19.2 Å². The molecule has 0 amide bonds. The van der Waals surface area contributed by atoms with Crippen LogP contribution in [0.25, 0.3) is 0 Å². The van der Waals surface area contributed by atoms with E-state index in [1.807, 2.05) is 27.7 Å². The molecule has 0 saturated carbocycles. The van der Waals surface area contributed by atoms with Crippen molar-refractivity contribution in [2.24, 2.45) is 93.9 Å². The topological polar surface area (TPSA) is 296 Å². The van der Waals surface area contributed by atoms with Crippen LogP contribution in [-0.4, -0.2) is 201 Å². The Morgan fingerprint density at radius 3 is 0.717 bits per heavy atom. The highest BCUT2D eigenvalue weighted by molar-refractivity contribution is 5.77. The molecule has 4 aromatic rings. The van der Waals surface area contributed by atoms with Crippen LogP contribution >= 0.6 is 0 Å². The lowest BCUT2D eigenvalue weighted by Crippen LogP contribution is -2.51. The fourth-order valence-electron chi connectivity index (χ4n) is 15.7. The lowest BCUT2D eigenvalue weighted by Gasteiger charge is -2.47. The fourth-order valence-corrected chi connectivity index (χ4v) is 15.7. The number of fused-ring (bicyclic) bond motifs is 12. The summed E-state index contributed by atoms with van der Waals surface area (Å²) in [5.41, 5.74) is 19.9. The highest BCUT2D eigenvalue weighted by Gasteiger charge is 2.47. The van der Waals surface area contributed by atoms with Crippen LogP contribution < -0.4 is 60.8 Å². The molecular weight excluding hydrogens is 1520 g/mol. The number of rotatable bonds is 28. The standard InChI is InChI=1S/4C24H38N2O4/c4*1-14(2)9-17-13-26-8-7-16-10-21(28-5)22(29-6)11-18(16)19(26)12-20(17)30-24(27)23(25)15(3)4/h4*10-11,14-15,17,19-20,23H,7-9,12-13,25H2,1-6H3/t4*17?,19?,20?,23-/m0000/s1/i2*3D3,4D3,5D3,7D2,8D2,10D,11D,15D,23D;2*3D3,4D3,7D2,8D2,10D,11D,15D,23D. The van der Waals surface area contributed by atoms with E-state index in [0.717, 1.165) is 24.0 Å². The number of carbonyl (C=O) groups is 4. The normalized spacial score (nSPS) is 38.3. The van der Waals surface area contributed by atoms with Crippen LogP contribution in [0.15, 0.2) is 48.3 Å². The molecule has 12 unspecified atom stereocenters. The van der Waals surface area contributed by atoms with Crippen LogP contribution in [0.4, 0.5) is 0 Å². The molecule has 8 aliphatic rings. The van der Waals surface area contributed by atoms with E-state index in [1.54, 1.807) is 27.7 Å². The van der Waals surface area contributed by atoms with Gasteiger partial charge in [-0.3, -0.25) is 38.8 Å². The molecule has 0 spiro atoms. The zero-order valence-electron chi connectivity index (χ0n) is 131. The van der Waals surface area contributed by atoms with Crippen molar-refractivity contribution in [1.82, 2.24) is 19.6 Å². The highest BCUT2D eigenvalue weighted by atomic mass is 16.6. The molecule has 0 radical (unpaired) electrons. The van der Waals surface area contributed by atoms with E-state index in [1.165, 1.54) is 38.2 Å². The van der Waals surface area contributed by atoms with Gasteiger partial charge < -0.3 is 79.8 Å². The first-order valence-electron chi connectivity index (χ1n) is 69.7. The van der Waals surface area contributed by atoms with Gasteiger partial charge in [-0.1, -0.05) is 110 Å². The maximum absolute atomic E-state index is 13.5. The van der Waals surface area contributed by atoms with Crippen molar-refractivity contribution >= 4 is 23.9 Å². The summed E-state index contributed by atoms with van der Waals surface area (Å²) in [4.78, 5) is 58.4. The number of carbonyl (C=O) groups excluding carboxylic acids is 4. The third-order valence-corrected chi connectivity index (χ3v) is 21.2. The van der Waals surface area contributed by atoms with Gasteiger partial charge in [0.15, 0.2) is 46.0 Å². The molecule has 0 aliphatic carbocycles. The van der Waals surface area contributed by atoms with Crippen molar-refractivity contribution in [3.63, 3.8) is 0 Å². The average molecular weight is 1740 g/mol. The quantitative estimate of drug-likeness (QED) is 0.0303. The molecule has 24 heteroatoms. The molecule has 8 aliphatic heterocycles. The summed E-state index contributed by atoms with van der Waals surface area (Å²) in [5.74, 6) is -29.8. The predicted octanol–water partition coefficient (Wildman–Crippen LogP) is 14.3. The molecule has 120 heavy (non-hydrogen) atoms. The van der Waals surface area contributed by atoms with E-state index in [4.69, 9.17) is 165 Å². The van der Waals surface area contributed by atoms with E-state index in [-0.39, 0.29) is 146 Å². The van der Waals surface area contributed by atoms with Crippen molar-refractivity contribution in [2.75, 3.05) is 109 Å². The second kappa shape index (κ2) is 43.9. The third-order valence-electron chi connectivity index (χ3n) is 21.2. The molecule has 4 aromatic carbocycles. The van der Waals surface area contributed by atoms with E-state index in [0.29, 0.717) is 0 Å². The van der Waals surface area contributed by atoms with Crippen molar-refractivity contribution in [2.45, 2.75) is 260 Å². The Kier molecular flexibility index (Phi) is 15.5. The summed E-state index contributed by atoms with van der Waals surface area (Å²) in [6, 6.07) is -24.5.